The first-order valence-corrected chi connectivity index (χ1v) is 7.03. The molecule has 0 aliphatic rings. The lowest BCUT2D eigenvalue weighted by atomic mass is 10.0. The fraction of sp³-hybridized carbons (Fsp3) is 0.167. The molecular formula is C12H12FIN2S. The van der Waals surface area contributed by atoms with Crippen LogP contribution in [0.5, 0.6) is 0 Å². The summed E-state index contributed by atoms with van der Waals surface area (Å²) in [5, 5.41) is 2.03. The third kappa shape index (κ3) is 2.85. The summed E-state index contributed by atoms with van der Waals surface area (Å²) in [6, 6.07) is 7.09. The van der Waals surface area contributed by atoms with E-state index in [1.165, 1.54) is 8.95 Å². The molecule has 5 heteroatoms. The van der Waals surface area contributed by atoms with Gasteiger partial charge in [0.2, 0.25) is 0 Å². The van der Waals surface area contributed by atoms with Gasteiger partial charge in [0, 0.05) is 0 Å². The number of hydrogen-bond donors (Lipinski definition) is 2. The summed E-state index contributed by atoms with van der Waals surface area (Å²) in [5.41, 5.74) is 5.27. The molecule has 1 aromatic heterocycles. The van der Waals surface area contributed by atoms with Gasteiger partial charge < -0.3 is 0 Å². The van der Waals surface area contributed by atoms with Crippen LogP contribution in [0.15, 0.2) is 29.6 Å². The summed E-state index contributed by atoms with van der Waals surface area (Å²) in [7, 11) is 0. The summed E-state index contributed by atoms with van der Waals surface area (Å²) in [6.07, 6.45) is 0. The fourth-order valence-electron chi connectivity index (χ4n) is 1.65. The lowest BCUT2D eigenvalue weighted by Crippen LogP contribution is -2.28. The van der Waals surface area contributed by atoms with E-state index < -0.39 is 0 Å². The molecule has 90 valence electrons. The molecule has 1 heterocycles. The molecule has 1 aromatic carbocycles. The first-order valence-electron chi connectivity index (χ1n) is 5.08. The Morgan fingerprint density at radius 1 is 1.35 bits per heavy atom. The van der Waals surface area contributed by atoms with E-state index in [9.17, 15) is 4.39 Å². The lowest BCUT2D eigenvalue weighted by molar-refractivity contribution is 0.599. The van der Waals surface area contributed by atoms with Crippen molar-refractivity contribution in [3.63, 3.8) is 0 Å². The van der Waals surface area contributed by atoms with E-state index in [-0.39, 0.29) is 11.9 Å². The highest BCUT2D eigenvalue weighted by Crippen LogP contribution is 2.27. The number of rotatable bonds is 3. The van der Waals surface area contributed by atoms with Crippen molar-refractivity contribution in [1.29, 1.82) is 0 Å². The van der Waals surface area contributed by atoms with Crippen molar-refractivity contribution in [1.82, 2.24) is 5.43 Å². The van der Waals surface area contributed by atoms with Gasteiger partial charge in [0.05, 0.1) is 8.93 Å². The summed E-state index contributed by atoms with van der Waals surface area (Å²) < 4.78 is 14.7. The van der Waals surface area contributed by atoms with Gasteiger partial charge in [-0.2, -0.15) is 0 Å². The van der Waals surface area contributed by atoms with Gasteiger partial charge in [-0.3, -0.25) is 5.84 Å². The van der Waals surface area contributed by atoms with Crippen molar-refractivity contribution >= 4 is 33.9 Å². The monoisotopic (exact) mass is 362 g/mol. The molecule has 0 aliphatic carbocycles. The smallest absolute Gasteiger partial charge is 0.126 e. The SMILES string of the molecule is Cc1ccc(C(NN)c2csc(I)c2)cc1F. The van der Waals surface area contributed by atoms with E-state index in [1.807, 2.05) is 17.5 Å². The average molecular weight is 362 g/mol. The maximum Gasteiger partial charge on any atom is 0.126 e. The maximum atomic E-state index is 13.5. The molecule has 2 aromatic rings. The average Bonchev–Trinajstić information content (AvgIpc) is 2.71. The van der Waals surface area contributed by atoms with Crippen molar-refractivity contribution in [2.75, 3.05) is 0 Å². The highest BCUT2D eigenvalue weighted by molar-refractivity contribution is 14.1. The molecule has 0 aliphatic heterocycles. The van der Waals surface area contributed by atoms with Crippen LogP contribution in [0.4, 0.5) is 4.39 Å². The van der Waals surface area contributed by atoms with Gasteiger partial charge in [-0.25, -0.2) is 9.82 Å². The topological polar surface area (TPSA) is 38.0 Å². The second kappa shape index (κ2) is 5.43. The zero-order valence-electron chi connectivity index (χ0n) is 9.21. The number of nitrogens with one attached hydrogen (secondary N) is 1. The minimum Gasteiger partial charge on any atom is -0.271 e. The van der Waals surface area contributed by atoms with E-state index in [2.05, 4.69) is 28.0 Å². The zero-order valence-corrected chi connectivity index (χ0v) is 12.2. The molecular weight excluding hydrogens is 350 g/mol. The van der Waals surface area contributed by atoms with Crippen LogP contribution < -0.4 is 11.3 Å². The summed E-state index contributed by atoms with van der Waals surface area (Å²) in [4.78, 5) is 0. The largest absolute Gasteiger partial charge is 0.271 e. The third-order valence-corrected chi connectivity index (χ3v) is 4.42. The molecule has 2 rings (SSSR count). The van der Waals surface area contributed by atoms with Crippen LogP contribution in [0.1, 0.15) is 22.7 Å². The lowest BCUT2D eigenvalue weighted by Gasteiger charge is -2.15. The molecule has 0 saturated heterocycles. The Kier molecular flexibility index (Phi) is 4.13. The van der Waals surface area contributed by atoms with Crippen LogP contribution in [0.25, 0.3) is 0 Å². The highest BCUT2D eigenvalue weighted by atomic mass is 127. The molecule has 1 unspecified atom stereocenters. The molecule has 0 amide bonds. The second-order valence-electron chi connectivity index (χ2n) is 3.79. The van der Waals surface area contributed by atoms with Crippen LogP contribution in [-0.4, -0.2) is 0 Å². The molecule has 0 bridgehead atoms. The van der Waals surface area contributed by atoms with Crippen molar-refractivity contribution < 1.29 is 4.39 Å². The van der Waals surface area contributed by atoms with Crippen LogP contribution >= 0.6 is 33.9 Å². The van der Waals surface area contributed by atoms with Gasteiger partial charge in [-0.05, 0) is 63.7 Å². The Labute approximate surface area is 117 Å². The summed E-state index contributed by atoms with van der Waals surface area (Å²) in [6.45, 7) is 1.75. The van der Waals surface area contributed by atoms with Crippen LogP contribution in [0, 0.1) is 15.6 Å². The third-order valence-electron chi connectivity index (χ3n) is 2.62. The van der Waals surface area contributed by atoms with Gasteiger partial charge in [-0.15, -0.1) is 11.3 Å². The Hall–Kier alpha value is -0.500. The van der Waals surface area contributed by atoms with Crippen molar-refractivity contribution in [3.05, 3.63) is 55.0 Å². The van der Waals surface area contributed by atoms with E-state index in [1.54, 1.807) is 24.3 Å². The normalized spacial score (nSPS) is 12.7. The van der Waals surface area contributed by atoms with E-state index in [4.69, 9.17) is 5.84 Å². The van der Waals surface area contributed by atoms with Gasteiger partial charge >= 0.3 is 0 Å². The van der Waals surface area contributed by atoms with Gasteiger partial charge in [0.25, 0.3) is 0 Å². The number of benzene rings is 1. The van der Waals surface area contributed by atoms with Crippen molar-refractivity contribution in [2.45, 2.75) is 13.0 Å². The van der Waals surface area contributed by atoms with E-state index in [0.29, 0.717) is 5.56 Å². The van der Waals surface area contributed by atoms with Gasteiger partial charge in [0.1, 0.15) is 5.82 Å². The highest BCUT2D eigenvalue weighted by Gasteiger charge is 2.15. The Balaban J connectivity index is 2.38. The van der Waals surface area contributed by atoms with E-state index >= 15 is 0 Å². The predicted molar refractivity (Wildman–Crippen MR) is 77.3 cm³/mol. The zero-order chi connectivity index (χ0) is 12.4. The van der Waals surface area contributed by atoms with Crippen LogP contribution in [-0.2, 0) is 0 Å². The Morgan fingerprint density at radius 3 is 2.65 bits per heavy atom. The molecule has 0 spiro atoms. The second-order valence-corrected chi connectivity index (χ2v) is 6.60. The quantitative estimate of drug-likeness (QED) is 0.499. The van der Waals surface area contributed by atoms with Gasteiger partial charge in [-0.1, -0.05) is 12.1 Å². The molecule has 1 atom stereocenters. The van der Waals surface area contributed by atoms with Crippen molar-refractivity contribution in [3.8, 4) is 0 Å². The predicted octanol–water partition coefficient (Wildman–Crippen LogP) is 3.35. The molecule has 3 N–H and O–H groups in total. The molecule has 2 nitrogen and oxygen atoms in total. The number of aryl methyl sites for hydroxylation is 1. The summed E-state index contributed by atoms with van der Waals surface area (Å²) >= 11 is 3.91. The van der Waals surface area contributed by atoms with E-state index in [0.717, 1.165) is 11.1 Å². The minimum absolute atomic E-state index is 0.162. The Morgan fingerprint density at radius 2 is 2.12 bits per heavy atom. The molecule has 17 heavy (non-hydrogen) atoms. The number of nitrogens with two attached hydrogens (primary N) is 1. The number of hydrazine groups is 1. The molecule has 0 saturated carbocycles. The van der Waals surface area contributed by atoms with Gasteiger partial charge in [0.15, 0.2) is 0 Å². The first-order chi connectivity index (χ1) is 8.11. The maximum absolute atomic E-state index is 13.5. The number of halogens is 2. The summed E-state index contributed by atoms with van der Waals surface area (Å²) in [5.74, 6) is 5.36. The molecule has 0 fully saturated rings. The number of hydrogen-bond acceptors (Lipinski definition) is 3. The first kappa shape index (κ1) is 12.9. The standard InChI is InChI=1S/C12H12FIN2S/c1-7-2-3-8(4-10(7)13)12(16-15)9-5-11(14)17-6-9/h2-6,12,16H,15H2,1H3. The van der Waals surface area contributed by atoms with Crippen molar-refractivity contribution in [2.24, 2.45) is 5.84 Å². The van der Waals surface area contributed by atoms with Crippen LogP contribution in [0.2, 0.25) is 0 Å². The Bertz CT molecular complexity index is 527. The minimum atomic E-state index is -0.201. The number of thiophene rings is 1. The molecule has 0 radical (unpaired) electrons. The van der Waals surface area contributed by atoms with Crippen LogP contribution in [0.3, 0.4) is 0 Å². The fourth-order valence-corrected chi connectivity index (χ4v) is 3.05.